The van der Waals surface area contributed by atoms with E-state index < -0.39 is 0 Å². The molecule has 0 bridgehead atoms. The molecule has 1 aliphatic rings. The maximum absolute atomic E-state index is 6.26. The van der Waals surface area contributed by atoms with Crippen molar-refractivity contribution in [1.29, 1.82) is 0 Å². The highest BCUT2D eigenvalue weighted by Gasteiger charge is 2.38. The highest BCUT2D eigenvalue weighted by Crippen LogP contribution is 2.53. The second kappa shape index (κ2) is 8.49. The standard InChI is InChI=1S/C37H26N2O/c1-37(2)29-19-17-25(21-28(29)26-18-20-33-34(35(26)37)27-15-9-10-16-32(27)40-33)31-22-30(23-11-5-3-6-12-23)38-36(39-31)24-13-7-4-8-14-24/h3-22H,1-2H3. The molecule has 0 radical (unpaired) electrons. The highest BCUT2D eigenvalue weighted by molar-refractivity contribution is 6.11. The van der Waals surface area contributed by atoms with E-state index in [4.69, 9.17) is 14.4 Å². The van der Waals surface area contributed by atoms with E-state index in [-0.39, 0.29) is 5.41 Å². The predicted octanol–water partition coefficient (Wildman–Crippen LogP) is 9.68. The summed E-state index contributed by atoms with van der Waals surface area (Å²) in [6, 6.07) is 42.1. The first-order valence-corrected chi connectivity index (χ1v) is 13.7. The topological polar surface area (TPSA) is 38.9 Å². The Morgan fingerprint density at radius 2 is 1.23 bits per heavy atom. The lowest BCUT2D eigenvalue weighted by atomic mass is 9.80. The predicted molar refractivity (Wildman–Crippen MR) is 163 cm³/mol. The average Bonchev–Trinajstić information content (AvgIpc) is 3.49. The lowest BCUT2D eigenvalue weighted by Crippen LogP contribution is -2.15. The Morgan fingerprint density at radius 1 is 0.550 bits per heavy atom. The zero-order chi connectivity index (χ0) is 26.8. The first-order valence-electron chi connectivity index (χ1n) is 13.7. The van der Waals surface area contributed by atoms with Crippen LogP contribution in [0.15, 0.2) is 126 Å². The van der Waals surface area contributed by atoms with Crippen LogP contribution in [-0.2, 0) is 5.41 Å². The molecule has 0 N–H and O–H groups in total. The van der Waals surface area contributed by atoms with Crippen molar-refractivity contribution in [3.05, 3.63) is 132 Å². The number of hydrogen-bond acceptors (Lipinski definition) is 3. The Kier molecular flexibility index (Phi) is 4.86. The zero-order valence-electron chi connectivity index (χ0n) is 22.3. The van der Waals surface area contributed by atoms with Crippen LogP contribution < -0.4 is 0 Å². The van der Waals surface area contributed by atoms with Crippen LogP contribution in [0.3, 0.4) is 0 Å². The molecule has 0 saturated carbocycles. The first kappa shape index (κ1) is 22.9. The number of nitrogens with zero attached hydrogens (tertiary/aromatic N) is 2. The third-order valence-corrected chi connectivity index (χ3v) is 8.27. The van der Waals surface area contributed by atoms with Crippen molar-refractivity contribution in [3.63, 3.8) is 0 Å². The molecule has 0 atom stereocenters. The summed E-state index contributed by atoms with van der Waals surface area (Å²) in [5, 5.41) is 2.39. The smallest absolute Gasteiger partial charge is 0.160 e. The quantitative estimate of drug-likeness (QED) is 0.236. The van der Waals surface area contributed by atoms with Gasteiger partial charge in [-0.3, -0.25) is 0 Å². The molecule has 2 heterocycles. The number of fused-ring (bicyclic) bond motifs is 7. The number of aromatic nitrogens is 2. The lowest BCUT2D eigenvalue weighted by Gasteiger charge is -2.22. The Morgan fingerprint density at radius 3 is 2.00 bits per heavy atom. The second-order valence-electron chi connectivity index (χ2n) is 11.0. The van der Waals surface area contributed by atoms with E-state index in [1.807, 2.05) is 42.5 Å². The minimum absolute atomic E-state index is 0.161. The van der Waals surface area contributed by atoms with Crippen molar-refractivity contribution in [3.8, 4) is 45.0 Å². The summed E-state index contributed by atoms with van der Waals surface area (Å²) in [5.41, 5.74) is 11.9. The van der Waals surface area contributed by atoms with E-state index in [0.29, 0.717) is 0 Å². The van der Waals surface area contributed by atoms with Crippen molar-refractivity contribution in [1.82, 2.24) is 9.97 Å². The summed E-state index contributed by atoms with van der Waals surface area (Å²) >= 11 is 0. The number of furan rings is 1. The van der Waals surface area contributed by atoms with E-state index in [1.54, 1.807) is 0 Å². The van der Waals surface area contributed by atoms with Crippen LogP contribution in [0.25, 0.3) is 67.0 Å². The minimum Gasteiger partial charge on any atom is -0.456 e. The third kappa shape index (κ3) is 3.37. The van der Waals surface area contributed by atoms with Gasteiger partial charge >= 0.3 is 0 Å². The van der Waals surface area contributed by atoms with Crippen molar-refractivity contribution in [2.75, 3.05) is 0 Å². The summed E-state index contributed by atoms with van der Waals surface area (Å²) in [4.78, 5) is 10.0. The van der Waals surface area contributed by atoms with E-state index in [1.165, 1.54) is 33.0 Å². The summed E-state index contributed by atoms with van der Waals surface area (Å²) in [7, 11) is 0. The molecular formula is C37H26N2O. The molecule has 0 amide bonds. The molecule has 7 aromatic rings. The summed E-state index contributed by atoms with van der Waals surface area (Å²) in [5.74, 6) is 0.727. The van der Waals surface area contributed by atoms with E-state index in [9.17, 15) is 0 Å². The molecule has 0 unspecified atom stereocenters. The normalized spacial score (nSPS) is 13.4. The minimum atomic E-state index is -0.161. The Bertz CT molecular complexity index is 2010. The molecule has 0 fully saturated rings. The Balaban J connectivity index is 1.35. The molecule has 2 aromatic heterocycles. The van der Waals surface area contributed by atoms with Crippen LogP contribution in [0.5, 0.6) is 0 Å². The number of benzene rings is 5. The van der Waals surface area contributed by atoms with Crippen LogP contribution in [-0.4, -0.2) is 9.97 Å². The van der Waals surface area contributed by atoms with Crippen LogP contribution in [0.1, 0.15) is 25.0 Å². The fraction of sp³-hybridized carbons (Fsp3) is 0.0811. The van der Waals surface area contributed by atoms with Crippen molar-refractivity contribution >= 4 is 21.9 Å². The van der Waals surface area contributed by atoms with Gasteiger partial charge in [-0.15, -0.1) is 0 Å². The van der Waals surface area contributed by atoms with Gasteiger partial charge in [-0.05, 0) is 46.5 Å². The fourth-order valence-corrected chi connectivity index (χ4v) is 6.36. The lowest BCUT2D eigenvalue weighted by molar-refractivity contribution is 0.657. The molecule has 0 aliphatic heterocycles. The molecule has 40 heavy (non-hydrogen) atoms. The summed E-state index contributed by atoms with van der Waals surface area (Å²) < 4.78 is 6.26. The summed E-state index contributed by atoms with van der Waals surface area (Å²) in [6.45, 7) is 4.65. The van der Waals surface area contributed by atoms with Crippen molar-refractivity contribution in [2.24, 2.45) is 0 Å². The summed E-state index contributed by atoms with van der Waals surface area (Å²) in [6.07, 6.45) is 0. The van der Waals surface area contributed by atoms with Gasteiger partial charge < -0.3 is 4.42 Å². The number of rotatable bonds is 3. The number of para-hydroxylation sites is 1. The average molecular weight is 515 g/mol. The van der Waals surface area contributed by atoms with Gasteiger partial charge in [-0.2, -0.15) is 0 Å². The molecule has 190 valence electrons. The molecule has 1 aliphatic carbocycles. The molecule has 8 rings (SSSR count). The Hall–Kier alpha value is -5.02. The van der Waals surface area contributed by atoms with Gasteiger partial charge in [-0.1, -0.05) is 111 Å². The highest BCUT2D eigenvalue weighted by atomic mass is 16.3. The van der Waals surface area contributed by atoms with Gasteiger partial charge in [0.05, 0.1) is 11.4 Å². The monoisotopic (exact) mass is 514 g/mol. The van der Waals surface area contributed by atoms with Crippen molar-refractivity contribution < 1.29 is 4.42 Å². The molecule has 3 heteroatoms. The van der Waals surface area contributed by atoms with Crippen LogP contribution in [0.2, 0.25) is 0 Å². The maximum atomic E-state index is 6.26. The second-order valence-corrected chi connectivity index (χ2v) is 11.0. The van der Waals surface area contributed by atoms with Gasteiger partial charge in [0, 0.05) is 32.9 Å². The largest absolute Gasteiger partial charge is 0.456 e. The molecular weight excluding hydrogens is 488 g/mol. The van der Waals surface area contributed by atoms with E-state index in [2.05, 4.69) is 92.7 Å². The van der Waals surface area contributed by atoms with Crippen LogP contribution in [0.4, 0.5) is 0 Å². The number of hydrogen-bond donors (Lipinski definition) is 0. The molecule has 3 nitrogen and oxygen atoms in total. The Labute approximate surface area is 232 Å². The van der Waals surface area contributed by atoms with Crippen LogP contribution >= 0.6 is 0 Å². The van der Waals surface area contributed by atoms with E-state index in [0.717, 1.165) is 45.1 Å². The van der Waals surface area contributed by atoms with Gasteiger partial charge in [0.15, 0.2) is 5.82 Å². The zero-order valence-corrected chi connectivity index (χ0v) is 22.3. The van der Waals surface area contributed by atoms with Crippen molar-refractivity contribution in [2.45, 2.75) is 19.3 Å². The molecule has 0 saturated heterocycles. The van der Waals surface area contributed by atoms with Crippen LogP contribution in [0, 0.1) is 0 Å². The van der Waals surface area contributed by atoms with Gasteiger partial charge in [0.25, 0.3) is 0 Å². The molecule has 0 spiro atoms. The van der Waals surface area contributed by atoms with E-state index >= 15 is 0 Å². The SMILES string of the molecule is CC1(C)c2ccc(-c3cc(-c4ccccc4)nc(-c4ccccc4)n3)cc2-c2ccc3oc4ccccc4c3c21. The third-order valence-electron chi connectivity index (χ3n) is 8.27. The van der Waals surface area contributed by atoms with Gasteiger partial charge in [0.1, 0.15) is 11.2 Å². The first-order chi connectivity index (χ1) is 19.6. The molecule has 5 aromatic carbocycles. The fourth-order valence-electron chi connectivity index (χ4n) is 6.36. The van der Waals surface area contributed by atoms with Gasteiger partial charge in [-0.25, -0.2) is 9.97 Å². The van der Waals surface area contributed by atoms with Gasteiger partial charge in [0.2, 0.25) is 0 Å². The maximum Gasteiger partial charge on any atom is 0.160 e.